The summed E-state index contributed by atoms with van der Waals surface area (Å²) in [6.07, 6.45) is 0. The maximum Gasteiger partial charge on any atom is 0.278 e. The van der Waals surface area contributed by atoms with Gasteiger partial charge in [0.25, 0.3) is 5.91 Å². The summed E-state index contributed by atoms with van der Waals surface area (Å²) in [6.45, 7) is 8.59. The lowest BCUT2D eigenvalue weighted by atomic mass is 10.1. The smallest absolute Gasteiger partial charge is 0.278 e. The first-order valence-electron chi connectivity index (χ1n) is 9.30. The van der Waals surface area contributed by atoms with Crippen LogP contribution in [0.4, 0.5) is 5.69 Å². The number of nitrogens with one attached hydrogen (secondary N) is 3. The number of hydrogen-bond acceptors (Lipinski definition) is 2. The molecule has 5 nitrogen and oxygen atoms in total. The van der Waals surface area contributed by atoms with Crippen LogP contribution < -0.4 is 15.5 Å². The van der Waals surface area contributed by atoms with Crippen molar-refractivity contribution in [3.8, 4) is 0 Å². The van der Waals surface area contributed by atoms with Crippen LogP contribution in [-0.4, -0.2) is 31.4 Å². The van der Waals surface area contributed by atoms with Crippen molar-refractivity contribution < 1.29 is 14.5 Å². The van der Waals surface area contributed by atoms with Gasteiger partial charge in [-0.25, -0.2) is 0 Å². The van der Waals surface area contributed by atoms with Crippen LogP contribution in [0.2, 0.25) is 0 Å². The Morgan fingerprint density at radius 1 is 0.963 bits per heavy atom. The van der Waals surface area contributed by atoms with Gasteiger partial charge in [0.2, 0.25) is 5.91 Å². The number of quaternary nitrogens is 1. The molecule has 1 unspecified atom stereocenters. The topological polar surface area (TPSA) is 62.6 Å². The van der Waals surface area contributed by atoms with Crippen LogP contribution >= 0.6 is 0 Å². The molecule has 27 heavy (non-hydrogen) atoms. The number of anilines is 1. The molecular weight excluding hydrogens is 338 g/mol. The SMILES string of the molecule is Cc1ccccc1C[NH+](C)[C@@H](C)C(=O)NCC(=O)Nc1c(C)cccc1C. The Morgan fingerprint density at radius 3 is 2.19 bits per heavy atom. The van der Waals surface area contributed by atoms with Gasteiger partial charge in [0, 0.05) is 11.3 Å². The van der Waals surface area contributed by atoms with Crippen LogP contribution in [0, 0.1) is 20.8 Å². The van der Waals surface area contributed by atoms with E-state index in [1.807, 2.05) is 58.2 Å². The van der Waals surface area contributed by atoms with E-state index in [-0.39, 0.29) is 24.4 Å². The maximum absolute atomic E-state index is 12.4. The Labute approximate surface area is 161 Å². The Bertz CT molecular complexity index is 797. The van der Waals surface area contributed by atoms with Crippen molar-refractivity contribution >= 4 is 17.5 Å². The van der Waals surface area contributed by atoms with Crippen molar-refractivity contribution in [1.82, 2.24) is 5.32 Å². The molecule has 2 amide bonds. The summed E-state index contributed by atoms with van der Waals surface area (Å²) in [4.78, 5) is 25.7. The monoisotopic (exact) mass is 368 g/mol. The third kappa shape index (κ3) is 5.66. The zero-order valence-corrected chi connectivity index (χ0v) is 16.8. The molecule has 2 atom stereocenters. The van der Waals surface area contributed by atoms with Gasteiger partial charge in [-0.1, -0.05) is 42.5 Å². The minimum atomic E-state index is -0.252. The summed E-state index contributed by atoms with van der Waals surface area (Å²) in [5, 5.41) is 5.64. The number of likely N-dealkylation sites (N-methyl/N-ethyl adjacent to an activating group) is 1. The molecule has 0 saturated carbocycles. The molecule has 0 saturated heterocycles. The van der Waals surface area contributed by atoms with E-state index < -0.39 is 0 Å². The molecule has 5 heteroatoms. The van der Waals surface area contributed by atoms with E-state index in [0.29, 0.717) is 0 Å². The van der Waals surface area contributed by atoms with Crippen molar-refractivity contribution in [2.24, 2.45) is 0 Å². The fraction of sp³-hybridized carbons (Fsp3) is 0.364. The summed E-state index contributed by atoms with van der Waals surface area (Å²) < 4.78 is 0. The van der Waals surface area contributed by atoms with Crippen molar-refractivity contribution in [2.75, 3.05) is 18.9 Å². The second kappa shape index (κ2) is 9.33. The van der Waals surface area contributed by atoms with Gasteiger partial charge in [-0.15, -0.1) is 0 Å². The lowest BCUT2D eigenvalue weighted by Crippen LogP contribution is -3.12. The number of carbonyl (C=O) groups is 2. The Hall–Kier alpha value is -2.66. The largest absolute Gasteiger partial charge is 0.342 e. The molecule has 0 aromatic heterocycles. The molecule has 2 aromatic rings. The van der Waals surface area contributed by atoms with Gasteiger partial charge >= 0.3 is 0 Å². The van der Waals surface area contributed by atoms with Gasteiger partial charge in [-0.2, -0.15) is 0 Å². The zero-order valence-electron chi connectivity index (χ0n) is 16.8. The minimum absolute atomic E-state index is 0.0331. The molecule has 0 aliphatic heterocycles. The molecule has 0 aliphatic carbocycles. The van der Waals surface area contributed by atoms with Gasteiger partial charge in [0.1, 0.15) is 6.54 Å². The van der Waals surface area contributed by atoms with Crippen molar-refractivity contribution in [3.05, 3.63) is 64.7 Å². The summed E-state index contributed by atoms with van der Waals surface area (Å²) in [6, 6.07) is 13.8. The van der Waals surface area contributed by atoms with Crippen molar-refractivity contribution in [1.29, 1.82) is 0 Å². The number of amides is 2. The molecule has 0 fully saturated rings. The van der Waals surface area contributed by atoms with E-state index in [1.54, 1.807) is 0 Å². The number of benzene rings is 2. The van der Waals surface area contributed by atoms with Gasteiger partial charge in [0.15, 0.2) is 6.04 Å². The number of rotatable bonds is 7. The van der Waals surface area contributed by atoms with Crippen LogP contribution in [0.5, 0.6) is 0 Å². The van der Waals surface area contributed by atoms with Gasteiger partial charge in [0.05, 0.1) is 13.6 Å². The molecular formula is C22H30N3O2+. The Morgan fingerprint density at radius 2 is 1.56 bits per heavy atom. The predicted molar refractivity (Wildman–Crippen MR) is 109 cm³/mol. The molecule has 0 radical (unpaired) electrons. The van der Waals surface area contributed by atoms with Crippen LogP contribution in [-0.2, 0) is 16.1 Å². The molecule has 0 bridgehead atoms. The van der Waals surface area contributed by atoms with Gasteiger partial charge in [-0.05, 0) is 44.4 Å². The number of para-hydroxylation sites is 1. The van der Waals surface area contributed by atoms with Gasteiger partial charge < -0.3 is 15.5 Å². The Balaban J connectivity index is 1.87. The highest BCUT2D eigenvalue weighted by atomic mass is 16.2. The molecule has 0 heterocycles. The second-order valence-corrected chi connectivity index (χ2v) is 7.20. The number of carbonyl (C=O) groups excluding carboxylic acids is 2. The maximum atomic E-state index is 12.4. The van der Waals surface area contributed by atoms with E-state index >= 15 is 0 Å². The van der Waals surface area contributed by atoms with Crippen LogP contribution in [0.1, 0.15) is 29.2 Å². The fourth-order valence-electron chi connectivity index (χ4n) is 3.00. The first-order valence-corrected chi connectivity index (χ1v) is 9.30. The molecule has 2 rings (SSSR count). The van der Waals surface area contributed by atoms with E-state index in [0.717, 1.165) is 28.3 Å². The van der Waals surface area contributed by atoms with E-state index in [1.165, 1.54) is 11.1 Å². The third-order valence-electron chi connectivity index (χ3n) is 5.03. The molecule has 2 aromatic carbocycles. The lowest BCUT2D eigenvalue weighted by molar-refractivity contribution is -0.908. The average molecular weight is 369 g/mol. The van der Waals surface area contributed by atoms with Gasteiger partial charge in [-0.3, -0.25) is 9.59 Å². The molecule has 3 N–H and O–H groups in total. The molecule has 144 valence electrons. The second-order valence-electron chi connectivity index (χ2n) is 7.20. The summed E-state index contributed by atoms with van der Waals surface area (Å²) in [7, 11) is 1.99. The highest BCUT2D eigenvalue weighted by Crippen LogP contribution is 2.18. The number of aryl methyl sites for hydroxylation is 3. The summed E-state index contributed by atoms with van der Waals surface area (Å²) >= 11 is 0. The minimum Gasteiger partial charge on any atom is -0.342 e. The van der Waals surface area contributed by atoms with Crippen LogP contribution in [0.15, 0.2) is 42.5 Å². The highest BCUT2D eigenvalue weighted by Gasteiger charge is 2.22. The normalized spacial score (nSPS) is 12.9. The standard InChI is InChI=1S/C22H29N3O2/c1-15-9-6-7-12-19(15)14-25(5)18(4)22(27)23-13-20(26)24-21-16(2)10-8-11-17(21)3/h6-12,18H,13-14H2,1-5H3,(H,23,27)(H,24,26)/p+1/t18-/m0/s1. The van der Waals surface area contributed by atoms with E-state index in [9.17, 15) is 9.59 Å². The first-order chi connectivity index (χ1) is 12.8. The highest BCUT2D eigenvalue weighted by molar-refractivity contribution is 5.96. The Kier molecular flexibility index (Phi) is 7.13. The van der Waals surface area contributed by atoms with Crippen molar-refractivity contribution in [3.63, 3.8) is 0 Å². The third-order valence-corrected chi connectivity index (χ3v) is 5.03. The molecule has 0 aliphatic rings. The quantitative estimate of drug-likeness (QED) is 0.697. The summed E-state index contributed by atoms with van der Waals surface area (Å²) in [5.74, 6) is -0.345. The van der Waals surface area contributed by atoms with Crippen LogP contribution in [0.25, 0.3) is 0 Å². The predicted octanol–water partition coefficient (Wildman–Crippen LogP) is 1.77. The summed E-state index contributed by atoms with van der Waals surface area (Å²) in [5.41, 5.74) is 5.27. The molecule has 0 spiro atoms. The fourth-order valence-corrected chi connectivity index (χ4v) is 3.00. The zero-order chi connectivity index (χ0) is 20.0. The van der Waals surface area contributed by atoms with Crippen LogP contribution in [0.3, 0.4) is 0 Å². The lowest BCUT2D eigenvalue weighted by Gasteiger charge is -2.22. The van der Waals surface area contributed by atoms with E-state index in [4.69, 9.17) is 0 Å². The first kappa shape index (κ1) is 20.6. The van der Waals surface area contributed by atoms with E-state index in [2.05, 4.69) is 29.7 Å². The average Bonchev–Trinajstić information content (AvgIpc) is 2.64. The van der Waals surface area contributed by atoms with Crippen molar-refractivity contribution in [2.45, 2.75) is 40.3 Å². The number of hydrogen-bond donors (Lipinski definition) is 3.